The molecule has 1 N–H and O–H groups in total. The summed E-state index contributed by atoms with van der Waals surface area (Å²) >= 11 is 0. The minimum Gasteiger partial charge on any atom is -0.462 e. The largest absolute Gasteiger partial charge is 0.462 e. The molecule has 0 amide bonds. The number of piperazine rings is 1. The fourth-order valence-corrected chi connectivity index (χ4v) is 2.04. The van der Waals surface area contributed by atoms with Crippen LogP contribution in [0, 0.1) is 0 Å². The Balaban J connectivity index is 0.000000325. The Kier molecular flexibility index (Phi) is 6.99. The third kappa shape index (κ3) is 9.34. The van der Waals surface area contributed by atoms with E-state index in [4.69, 9.17) is 10.7 Å². The van der Waals surface area contributed by atoms with Crippen LogP contribution in [0.3, 0.4) is 0 Å². The lowest BCUT2D eigenvalue weighted by Crippen LogP contribution is -2.44. The molecule has 0 radical (unpaired) electrons. The molecule has 102 valence electrons. The first-order valence-corrected chi connectivity index (χ1v) is 7.45. The molecule has 1 aliphatic rings. The number of halogens is 1. The summed E-state index contributed by atoms with van der Waals surface area (Å²) in [6.07, 6.45) is 0. The summed E-state index contributed by atoms with van der Waals surface area (Å²) < 4.78 is 27.1. The lowest BCUT2D eigenvalue weighted by Gasteiger charge is -2.23. The molecule has 1 rings (SSSR count). The van der Waals surface area contributed by atoms with Gasteiger partial charge < -0.3 is 10.1 Å². The summed E-state index contributed by atoms with van der Waals surface area (Å²) in [6, 6.07) is 0. The van der Waals surface area contributed by atoms with Crippen LogP contribution in [0.1, 0.15) is 20.8 Å². The highest BCUT2D eigenvalue weighted by atomic mass is 35.7. The molecular weight excluding hydrogens is 268 g/mol. The molecule has 0 spiro atoms. The minimum absolute atomic E-state index is 0.318. The molecule has 0 aliphatic carbocycles. The van der Waals surface area contributed by atoms with Gasteiger partial charge in [0.2, 0.25) is 0 Å². The predicted octanol–water partition coefficient (Wildman–Crippen LogP) is 0.333. The number of carbonyl (C=O) groups is 1. The van der Waals surface area contributed by atoms with Gasteiger partial charge in [-0.1, -0.05) is 0 Å². The molecule has 0 atom stereocenters. The van der Waals surface area contributed by atoms with E-state index in [0.29, 0.717) is 32.7 Å². The van der Waals surface area contributed by atoms with E-state index < -0.39 is 9.24 Å². The zero-order valence-electron chi connectivity index (χ0n) is 10.3. The van der Waals surface area contributed by atoms with E-state index in [1.165, 1.54) is 4.31 Å². The van der Waals surface area contributed by atoms with Crippen LogP contribution in [0.2, 0.25) is 0 Å². The van der Waals surface area contributed by atoms with Crippen molar-refractivity contribution in [1.29, 1.82) is 0 Å². The highest BCUT2D eigenvalue weighted by Crippen LogP contribution is 2.06. The van der Waals surface area contributed by atoms with Gasteiger partial charge in [0, 0.05) is 36.9 Å². The summed E-state index contributed by atoms with van der Waals surface area (Å²) in [7, 11) is 1.62. The fourth-order valence-electron chi connectivity index (χ4n) is 1.01. The van der Waals surface area contributed by atoms with Crippen LogP contribution in [0.4, 0.5) is 0 Å². The van der Waals surface area contributed by atoms with Crippen LogP contribution < -0.4 is 5.32 Å². The topological polar surface area (TPSA) is 75.7 Å². The molecule has 1 aliphatic heterocycles. The smallest absolute Gasteiger partial charge is 0.299 e. The second-order valence-electron chi connectivity index (χ2n) is 4.42. The zero-order chi connectivity index (χ0) is 13.5. The quantitative estimate of drug-likeness (QED) is 0.585. The summed E-state index contributed by atoms with van der Waals surface area (Å²) in [5.41, 5.74) is -0.318. The molecule has 1 heterocycles. The number of hydrogen-bond donors (Lipinski definition) is 1. The van der Waals surface area contributed by atoms with Crippen molar-refractivity contribution in [3.8, 4) is 0 Å². The van der Waals surface area contributed by atoms with E-state index in [-0.39, 0.29) is 5.60 Å². The second kappa shape index (κ2) is 7.15. The summed E-state index contributed by atoms with van der Waals surface area (Å²) in [6.45, 7) is 8.25. The van der Waals surface area contributed by atoms with E-state index in [2.05, 4.69) is 10.1 Å². The Bertz CT molecular complexity index is 320. The van der Waals surface area contributed by atoms with Gasteiger partial charge in [-0.2, -0.15) is 12.7 Å². The summed E-state index contributed by atoms with van der Waals surface area (Å²) in [5.74, 6) is 0. The van der Waals surface area contributed by atoms with Crippen LogP contribution in [0.5, 0.6) is 0 Å². The lowest BCUT2D eigenvalue weighted by molar-refractivity contribution is -0.138. The van der Waals surface area contributed by atoms with E-state index in [1.807, 2.05) is 20.8 Å². The van der Waals surface area contributed by atoms with Crippen molar-refractivity contribution < 1.29 is 17.9 Å². The van der Waals surface area contributed by atoms with Crippen LogP contribution in [-0.4, -0.2) is 51.0 Å². The number of rotatable bonds is 2. The Morgan fingerprint density at radius 1 is 1.29 bits per heavy atom. The van der Waals surface area contributed by atoms with Crippen molar-refractivity contribution in [2.24, 2.45) is 0 Å². The van der Waals surface area contributed by atoms with Crippen molar-refractivity contribution in [2.45, 2.75) is 26.4 Å². The Morgan fingerprint density at radius 2 is 1.76 bits per heavy atom. The van der Waals surface area contributed by atoms with Crippen LogP contribution in [0.15, 0.2) is 0 Å². The molecule has 1 saturated heterocycles. The number of ether oxygens (including phenoxy) is 1. The van der Waals surface area contributed by atoms with Crippen molar-refractivity contribution in [3.63, 3.8) is 0 Å². The Labute approximate surface area is 107 Å². The maximum Gasteiger partial charge on any atom is 0.299 e. The van der Waals surface area contributed by atoms with Gasteiger partial charge in [0.05, 0.1) is 0 Å². The SMILES string of the molecule is CC(C)(C)OC=O.O=S(=O)(Cl)N1CCNCC1. The number of hydrogen-bond acceptors (Lipinski definition) is 5. The Hall–Kier alpha value is -0.370. The van der Waals surface area contributed by atoms with E-state index >= 15 is 0 Å². The molecule has 0 aromatic carbocycles. The molecule has 0 aromatic rings. The average Bonchev–Trinajstić information content (AvgIpc) is 2.17. The maximum absolute atomic E-state index is 10.6. The highest BCUT2D eigenvalue weighted by Gasteiger charge is 2.20. The van der Waals surface area contributed by atoms with Crippen molar-refractivity contribution >= 4 is 26.4 Å². The van der Waals surface area contributed by atoms with Gasteiger partial charge in [-0.25, -0.2) is 0 Å². The minimum atomic E-state index is -3.46. The fraction of sp³-hybridized carbons (Fsp3) is 0.889. The summed E-state index contributed by atoms with van der Waals surface area (Å²) in [4.78, 5) is 9.60. The van der Waals surface area contributed by atoms with E-state index in [0.717, 1.165) is 0 Å². The molecule has 6 nitrogen and oxygen atoms in total. The molecule has 0 aromatic heterocycles. The van der Waals surface area contributed by atoms with E-state index in [1.54, 1.807) is 0 Å². The highest BCUT2D eigenvalue weighted by molar-refractivity contribution is 8.11. The molecule has 0 unspecified atom stereocenters. The first kappa shape index (κ1) is 16.6. The van der Waals surface area contributed by atoms with Crippen LogP contribution in [-0.2, 0) is 18.8 Å². The number of nitrogens with one attached hydrogen (secondary N) is 1. The van der Waals surface area contributed by atoms with Gasteiger partial charge in [-0.05, 0) is 20.8 Å². The third-order valence-electron chi connectivity index (χ3n) is 1.79. The second-order valence-corrected chi connectivity index (χ2v) is 6.93. The summed E-state index contributed by atoms with van der Waals surface area (Å²) in [5, 5.41) is 3.02. The van der Waals surface area contributed by atoms with E-state index in [9.17, 15) is 13.2 Å². The van der Waals surface area contributed by atoms with Gasteiger partial charge in [-0.15, -0.1) is 0 Å². The van der Waals surface area contributed by atoms with Gasteiger partial charge >= 0.3 is 0 Å². The van der Waals surface area contributed by atoms with Crippen molar-refractivity contribution in [3.05, 3.63) is 0 Å². The number of carbonyl (C=O) groups excluding carboxylic acids is 1. The normalized spacial score (nSPS) is 17.9. The maximum atomic E-state index is 10.6. The third-order valence-corrected chi connectivity index (χ3v) is 3.35. The van der Waals surface area contributed by atoms with Gasteiger partial charge in [0.1, 0.15) is 5.60 Å². The molecule has 0 saturated carbocycles. The molecular formula is C9H19ClN2O4S. The van der Waals surface area contributed by atoms with Gasteiger partial charge in [0.15, 0.2) is 0 Å². The lowest BCUT2D eigenvalue weighted by atomic mass is 10.2. The zero-order valence-corrected chi connectivity index (χ0v) is 11.8. The predicted molar refractivity (Wildman–Crippen MR) is 66.1 cm³/mol. The van der Waals surface area contributed by atoms with Gasteiger partial charge in [0.25, 0.3) is 15.7 Å². The first-order valence-electron chi connectivity index (χ1n) is 5.19. The van der Waals surface area contributed by atoms with Crippen LogP contribution >= 0.6 is 10.7 Å². The molecule has 8 heteroatoms. The van der Waals surface area contributed by atoms with Crippen molar-refractivity contribution in [2.75, 3.05) is 26.2 Å². The molecule has 1 fully saturated rings. The standard InChI is InChI=1S/C5H10O2.C4H9ClN2O2S/c1-5(2,3)7-4-6;5-10(8,9)7-3-1-6-2-4-7/h4H,1-3H3;6H,1-4H2. The number of nitrogens with zero attached hydrogens (tertiary/aromatic N) is 1. The van der Waals surface area contributed by atoms with Gasteiger partial charge in [-0.3, -0.25) is 4.79 Å². The first-order chi connectivity index (χ1) is 7.67. The van der Waals surface area contributed by atoms with Crippen molar-refractivity contribution in [1.82, 2.24) is 9.62 Å². The molecule has 0 bridgehead atoms. The Morgan fingerprint density at radius 3 is 1.94 bits per heavy atom. The molecule has 17 heavy (non-hydrogen) atoms. The average molecular weight is 287 g/mol. The monoisotopic (exact) mass is 286 g/mol. The van der Waals surface area contributed by atoms with Crippen LogP contribution in [0.25, 0.3) is 0 Å².